The lowest BCUT2D eigenvalue weighted by molar-refractivity contribution is 0.581. The first-order chi connectivity index (χ1) is 8.90. The summed E-state index contributed by atoms with van der Waals surface area (Å²) in [5.41, 5.74) is 7.02. The third-order valence-electron chi connectivity index (χ3n) is 2.67. The van der Waals surface area contributed by atoms with Crippen molar-refractivity contribution in [3.05, 3.63) is 44.6 Å². The van der Waals surface area contributed by atoms with Crippen LogP contribution in [0, 0.1) is 6.92 Å². The number of thiophene rings is 1. The Morgan fingerprint density at radius 2 is 2.11 bits per heavy atom. The summed E-state index contributed by atoms with van der Waals surface area (Å²) in [4.78, 5) is 1.17. The van der Waals surface area contributed by atoms with Gasteiger partial charge in [0.2, 0.25) is 10.0 Å². The fourth-order valence-corrected chi connectivity index (χ4v) is 4.11. The van der Waals surface area contributed by atoms with Crippen molar-refractivity contribution >= 4 is 43.0 Å². The minimum atomic E-state index is -3.51. The van der Waals surface area contributed by atoms with E-state index in [-0.39, 0.29) is 11.4 Å². The van der Waals surface area contributed by atoms with Gasteiger partial charge in [0.1, 0.15) is 0 Å². The molecule has 0 radical (unpaired) electrons. The van der Waals surface area contributed by atoms with E-state index in [1.54, 1.807) is 19.1 Å². The van der Waals surface area contributed by atoms with Crippen LogP contribution in [0.5, 0.6) is 0 Å². The first kappa shape index (κ1) is 14.5. The zero-order valence-corrected chi connectivity index (χ0v) is 13.4. The predicted octanol–water partition coefficient (Wildman–Crippen LogP) is 2.88. The van der Waals surface area contributed by atoms with Gasteiger partial charge in [0, 0.05) is 21.6 Å². The maximum Gasteiger partial charge on any atom is 0.240 e. The van der Waals surface area contributed by atoms with Gasteiger partial charge in [-0.3, -0.25) is 0 Å². The van der Waals surface area contributed by atoms with Gasteiger partial charge >= 0.3 is 0 Å². The van der Waals surface area contributed by atoms with Crippen LogP contribution in [-0.2, 0) is 16.6 Å². The summed E-state index contributed by atoms with van der Waals surface area (Å²) in [6.07, 6.45) is 0. The highest BCUT2D eigenvalue weighted by Gasteiger charge is 2.15. The second-order valence-electron chi connectivity index (χ2n) is 4.03. The van der Waals surface area contributed by atoms with E-state index >= 15 is 0 Å². The molecule has 0 saturated carbocycles. The van der Waals surface area contributed by atoms with Crippen molar-refractivity contribution in [3.63, 3.8) is 0 Å². The van der Waals surface area contributed by atoms with E-state index in [4.69, 9.17) is 5.73 Å². The van der Waals surface area contributed by atoms with E-state index in [0.29, 0.717) is 5.69 Å². The molecule has 0 atom stereocenters. The lowest BCUT2D eigenvalue weighted by atomic mass is 10.2. The number of hydrogen-bond acceptors (Lipinski definition) is 4. The van der Waals surface area contributed by atoms with Crippen LogP contribution in [0.15, 0.2) is 39.0 Å². The largest absolute Gasteiger partial charge is 0.399 e. The number of aryl methyl sites for hydroxylation is 1. The quantitative estimate of drug-likeness (QED) is 0.823. The van der Waals surface area contributed by atoms with Crippen LogP contribution in [0.4, 0.5) is 5.69 Å². The first-order valence-electron chi connectivity index (χ1n) is 5.48. The summed E-state index contributed by atoms with van der Waals surface area (Å²) in [5, 5.41) is 1.90. The van der Waals surface area contributed by atoms with Crippen LogP contribution in [-0.4, -0.2) is 8.42 Å². The Bertz CT molecular complexity index is 696. The normalized spacial score (nSPS) is 11.7. The second-order valence-corrected chi connectivity index (χ2v) is 7.66. The lowest BCUT2D eigenvalue weighted by Gasteiger charge is -2.08. The van der Waals surface area contributed by atoms with Crippen LogP contribution in [0.2, 0.25) is 0 Å². The summed E-state index contributed by atoms with van der Waals surface area (Å²) >= 11 is 4.87. The SMILES string of the molecule is Cc1cc(S(=O)(=O)NCc2sccc2Br)ccc1N. The molecule has 102 valence electrons. The van der Waals surface area contributed by atoms with Gasteiger partial charge in [-0.25, -0.2) is 13.1 Å². The Hall–Kier alpha value is -0.890. The third kappa shape index (κ3) is 3.36. The highest BCUT2D eigenvalue weighted by molar-refractivity contribution is 9.10. The van der Waals surface area contributed by atoms with Gasteiger partial charge in [-0.05, 0) is 58.1 Å². The molecule has 1 aromatic carbocycles. The minimum absolute atomic E-state index is 0.229. The summed E-state index contributed by atoms with van der Waals surface area (Å²) in [5.74, 6) is 0. The van der Waals surface area contributed by atoms with E-state index in [1.165, 1.54) is 17.4 Å². The van der Waals surface area contributed by atoms with E-state index < -0.39 is 10.0 Å². The molecule has 0 spiro atoms. The third-order valence-corrected chi connectivity index (χ3v) is 5.99. The number of nitrogen functional groups attached to an aromatic ring is 1. The Balaban J connectivity index is 2.18. The highest BCUT2D eigenvalue weighted by atomic mass is 79.9. The Morgan fingerprint density at radius 1 is 1.37 bits per heavy atom. The number of rotatable bonds is 4. The molecule has 0 aliphatic heterocycles. The van der Waals surface area contributed by atoms with Crippen molar-refractivity contribution in [2.24, 2.45) is 0 Å². The van der Waals surface area contributed by atoms with E-state index in [1.807, 2.05) is 11.4 Å². The average molecular weight is 361 g/mol. The van der Waals surface area contributed by atoms with Crippen molar-refractivity contribution in [2.45, 2.75) is 18.4 Å². The van der Waals surface area contributed by atoms with Gasteiger partial charge < -0.3 is 5.73 Å². The van der Waals surface area contributed by atoms with Crippen molar-refractivity contribution < 1.29 is 8.42 Å². The number of nitrogens with one attached hydrogen (secondary N) is 1. The number of benzene rings is 1. The molecular weight excluding hydrogens is 348 g/mol. The molecule has 3 N–H and O–H groups in total. The summed E-state index contributed by atoms with van der Waals surface area (Å²) in [6.45, 7) is 2.05. The highest BCUT2D eigenvalue weighted by Crippen LogP contribution is 2.23. The monoisotopic (exact) mass is 360 g/mol. The molecule has 4 nitrogen and oxygen atoms in total. The predicted molar refractivity (Wildman–Crippen MR) is 81.6 cm³/mol. The molecule has 0 unspecified atom stereocenters. The molecule has 0 amide bonds. The molecule has 19 heavy (non-hydrogen) atoms. The summed E-state index contributed by atoms with van der Waals surface area (Å²) < 4.78 is 27.8. The molecular formula is C12H13BrN2O2S2. The van der Waals surface area contributed by atoms with E-state index in [2.05, 4.69) is 20.7 Å². The molecule has 7 heteroatoms. The fraction of sp³-hybridized carbons (Fsp3) is 0.167. The van der Waals surface area contributed by atoms with Crippen molar-refractivity contribution in [1.82, 2.24) is 4.72 Å². The lowest BCUT2D eigenvalue weighted by Crippen LogP contribution is -2.23. The van der Waals surface area contributed by atoms with Gasteiger partial charge in [-0.1, -0.05) is 0 Å². The van der Waals surface area contributed by atoms with Crippen LogP contribution in [0.1, 0.15) is 10.4 Å². The topological polar surface area (TPSA) is 72.2 Å². The van der Waals surface area contributed by atoms with Crippen molar-refractivity contribution in [1.29, 1.82) is 0 Å². The Labute approximate surface area is 124 Å². The molecule has 0 fully saturated rings. The second kappa shape index (κ2) is 5.62. The smallest absolute Gasteiger partial charge is 0.240 e. The molecule has 1 heterocycles. The van der Waals surface area contributed by atoms with E-state index in [0.717, 1.165) is 14.9 Å². The number of anilines is 1. The molecule has 2 aromatic rings. The van der Waals surface area contributed by atoms with Crippen LogP contribution < -0.4 is 10.5 Å². The van der Waals surface area contributed by atoms with Gasteiger partial charge in [0.05, 0.1) is 4.90 Å². The maximum absolute atomic E-state index is 12.1. The molecule has 0 bridgehead atoms. The molecule has 0 aliphatic rings. The standard InChI is InChI=1S/C12H13BrN2O2S2/c1-8-6-9(2-3-11(8)14)19(16,17)15-7-12-10(13)4-5-18-12/h2-6,15H,7,14H2,1H3. The van der Waals surface area contributed by atoms with Crippen molar-refractivity contribution in [3.8, 4) is 0 Å². The van der Waals surface area contributed by atoms with E-state index in [9.17, 15) is 8.42 Å². The summed E-state index contributed by atoms with van der Waals surface area (Å²) in [7, 11) is -3.51. The van der Waals surface area contributed by atoms with Crippen LogP contribution in [0.25, 0.3) is 0 Å². The molecule has 0 saturated heterocycles. The van der Waals surface area contributed by atoms with Crippen LogP contribution >= 0.6 is 27.3 Å². The number of nitrogens with two attached hydrogens (primary N) is 1. The van der Waals surface area contributed by atoms with Crippen LogP contribution in [0.3, 0.4) is 0 Å². The number of halogens is 1. The zero-order chi connectivity index (χ0) is 14.0. The molecule has 0 aliphatic carbocycles. The fourth-order valence-electron chi connectivity index (χ4n) is 1.51. The van der Waals surface area contributed by atoms with Gasteiger partial charge in [-0.15, -0.1) is 11.3 Å². The molecule has 1 aromatic heterocycles. The van der Waals surface area contributed by atoms with Gasteiger partial charge in [0.15, 0.2) is 0 Å². The number of hydrogen-bond donors (Lipinski definition) is 2. The Morgan fingerprint density at radius 3 is 2.68 bits per heavy atom. The Kier molecular flexibility index (Phi) is 4.29. The van der Waals surface area contributed by atoms with Crippen molar-refractivity contribution in [2.75, 3.05) is 5.73 Å². The maximum atomic E-state index is 12.1. The summed E-state index contributed by atoms with van der Waals surface area (Å²) in [6, 6.07) is 6.57. The van der Waals surface area contributed by atoms with Gasteiger partial charge in [0.25, 0.3) is 0 Å². The molecule has 2 rings (SSSR count). The zero-order valence-electron chi connectivity index (χ0n) is 10.2. The minimum Gasteiger partial charge on any atom is -0.399 e. The first-order valence-corrected chi connectivity index (χ1v) is 8.63. The van der Waals surface area contributed by atoms with Gasteiger partial charge in [-0.2, -0.15) is 0 Å². The average Bonchev–Trinajstić information content (AvgIpc) is 2.76. The number of sulfonamides is 1.